The van der Waals surface area contributed by atoms with Crippen LogP contribution in [0.5, 0.6) is 0 Å². The van der Waals surface area contributed by atoms with Crippen molar-refractivity contribution in [3.8, 4) is 0 Å². The van der Waals surface area contributed by atoms with E-state index in [0.717, 1.165) is 0 Å². The Morgan fingerprint density at radius 1 is 1.28 bits per heavy atom. The average molecular weight is 247 g/mol. The van der Waals surface area contributed by atoms with E-state index in [1.807, 2.05) is 7.05 Å². The lowest BCUT2D eigenvalue weighted by Crippen LogP contribution is -2.27. The molecule has 2 rings (SSSR count). The standard InChI is InChI=1S/C15H25N3/c1-11-9-10-18-15(16)13(11)14(17-2)12-7-5-3-4-6-8-12/h9-10,12,14,17H,3-8H2,1-2H3,(H2,16,18). The molecular formula is C15H25N3. The van der Waals surface area contributed by atoms with Gasteiger partial charge in [0.25, 0.3) is 0 Å². The average Bonchev–Trinajstić information content (AvgIpc) is 2.63. The minimum Gasteiger partial charge on any atom is -0.383 e. The maximum atomic E-state index is 6.09. The van der Waals surface area contributed by atoms with Gasteiger partial charge < -0.3 is 11.1 Å². The first-order valence-corrected chi connectivity index (χ1v) is 7.12. The van der Waals surface area contributed by atoms with Crippen molar-refractivity contribution in [2.45, 2.75) is 51.5 Å². The van der Waals surface area contributed by atoms with Crippen LogP contribution in [0.15, 0.2) is 12.3 Å². The molecule has 1 atom stereocenters. The minimum atomic E-state index is 0.358. The molecule has 3 heteroatoms. The van der Waals surface area contributed by atoms with E-state index >= 15 is 0 Å². The number of aromatic nitrogens is 1. The zero-order chi connectivity index (χ0) is 13.0. The summed E-state index contributed by atoms with van der Waals surface area (Å²) in [5, 5.41) is 3.48. The molecule has 0 radical (unpaired) electrons. The van der Waals surface area contributed by atoms with Crippen molar-refractivity contribution in [1.82, 2.24) is 10.3 Å². The van der Waals surface area contributed by atoms with E-state index in [1.165, 1.54) is 49.7 Å². The third-order valence-electron chi connectivity index (χ3n) is 4.23. The second-order valence-electron chi connectivity index (χ2n) is 5.44. The summed E-state index contributed by atoms with van der Waals surface area (Å²) in [4.78, 5) is 4.26. The predicted molar refractivity (Wildman–Crippen MR) is 76.4 cm³/mol. The van der Waals surface area contributed by atoms with E-state index in [0.29, 0.717) is 17.8 Å². The van der Waals surface area contributed by atoms with E-state index in [4.69, 9.17) is 5.73 Å². The van der Waals surface area contributed by atoms with Gasteiger partial charge in [0.2, 0.25) is 0 Å². The van der Waals surface area contributed by atoms with Gasteiger partial charge in [0.1, 0.15) is 5.82 Å². The fourth-order valence-corrected chi connectivity index (χ4v) is 3.26. The molecule has 0 amide bonds. The van der Waals surface area contributed by atoms with Crippen LogP contribution in [-0.2, 0) is 0 Å². The number of anilines is 1. The Morgan fingerprint density at radius 2 is 1.94 bits per heavy atom. The molecule has 1 aromatic rings. The second-order valence-corrected chi connectivity index (χ2v) is 5.44. The molecule has 1 aliphatic carbocycles. The van der Waals surface area contributed by atoms with Crippen molar-refractivity contribution >= 4 is 5.82 Å². The van der Waals surface area contributed by atoms with Crippen molar-refractivity contribution in [3.05, 3.63) is 23.4 Å². The zero-order valence-electron chi connectivity index (χ0n) is 11.6. The first-order chi connectivity index (χ1) is 8.74. The fourth-order valence-electron chi connectivity index (χ4n) is 3.26. The molecule has 3 N–H and O–H groups in total. The number of nitrogens with one attached hydrogen (secondary N) is 1. The Kier molecular flexibility index (Phi) is 4.59. The summed E-state index contributed by atoms with van der Waals surface area (Å²) in [5.74, 6) is 1.39. The molecule has 100 valence electrons. The topological polar surface area (TPSA) is 50.9 Å². The van der Waals surface area contributed by atoms with Gasteiger partial charge in [-0.15, -0.1) is 0 Å². The molecule has 0 aromatic carbocycles. The van der Waals surface area contributed by atoms with E-state index in [2.05, 4.69) is 23.3 Å². The van der Waals surface area contributed by atoms with Gasteiger partial charge in [-0.25, -0.2) is 4.98 Å². The summed E-state index contributed by atoms with van der Waals surface area (Å²) in [7, 11) is 2.04. The molecule has 1 heterocycles. The normalized spacial score (nSPS) is 19.4. The number of pyridine rings is 1. The lowest BCUT2D eigenvalue weighted by atomic mass is 9.86. The maximum Gasteiger partial charge on any atom is 0.128 e. The Bertz CT molecular complexity index is 361. The Morgan fingerprint density at radius 3 is 2.50 bits per heavy atom. The summed E-state index contributed by atoms with van der Waals surface area (Å²) in [6.07, 6.45) is 9.87. The van der Waals surface area contributed by atoms with Crippen molar-refractivity contribution in [3.63, 3.8) is 0 Å². The van der Waals surface area contributed by atoms with E-state index < -0.39 is 0 Å². The quantitative estimate of drug-likeness (QED) is 0.806. The molecule has 1 aliphatic rings. The monoisotopic (exact) mass is 247 g/mol. The highest BCUT2D eigenvalue weighted by Gasteiger charge is 2.25. The highest BCUT2D eigenvalue weighted by molar-refractivity contribution is 5.46. The van der Waals surface area contributed by atoms with E-state index in [-0.39, 0.29) is 0 Å². The van der Waals surface area contributed by atoms with Gasteiger partial charge in [-0.1, -0.05) is 25.7 Å². The molecule has 0 saturated heterocycles. The van der Waals surface area contributed by atoms with Crippen LogP contribution in [0.2, 0.25) is 0 Å². The molecule has 18 heavy (non-hydrogen) atoms. The molecule has 0 bridgehead atoms. The second kappa shape index (κ2) is 6.19. The van der Waals surface area contributed by atoms with Crippen LogP contribution in [0.25, 0.3) is 0 Å². The number of nitrogen functional groups attached to an aromatic ring is 1. The van der Waals surface area contributed by atoms with Crippen molar-refractivity contribution in [2.24, 2.45) is 5.92 Å². The lowest BCUT2D eigenvalue weighted by Gasteiger charge is -2.28. The Balaban J connectivity index is 2.26. The lowest BCUT2D eigenvalue weighted by molar-refractivity contribution is 0.341. The summed E-state index contributed by atoms with van der Waals surface area (Å²) >= 11 is 0. The number of rotatable bonds is 3. The van der Waals surface area contributed by atoms with Gasteiger partial charge in [0.15, 0.2) is 0 Å². The molecule has 3 nitrogen and oxygen atoms in total. The highest BCUT2D eigenvalue weighted by Crippen LogP contribution is 2.36. The molecule has 1 aromatic heterocycles. The number of aryl methyl sites for hydroxylation is 1. The molecular weight excluding hydrogens is 222 g/mol. The SMILES string of the molecule is CNC(c1c(C)ccnc1N)C1CCCCCC1. The van der Waals surface area contributed by atoms with Crippen molar-refractivity contribution in [2.75, 3.05) is 12.8 Å². The number of hydrogen-bond donors (Lipinski definition) is 2. The molecule has 0 aliphatic heterocycles. The van der Waals surface area contributed by atoms with Crippen LogP contribution in [-0.4, -0.2) is 12.0 Å². The van der Waals surface area contributed by atoms with Crippen LogP contribution in [0.1, 0.15) is 55.7 Å². The largest absolute Gasteiger partial charge is 0.383 e. The summed E-state index contributed by atoms with van der Waals surface area (Å²) in [6.45, 7) is 2.13. The minimum absolute atomic E-state index is 0.358. The van der Waals surface area contributed by atoms with Crippen LogP contribution in [0, 0.1) is 12.8 Å². The third kappa shape index (κ3) is 2.83. The summed E-state index contributed by atoms with van der Waals surface area (Å²) in [5.41, 5.74) is 8.56. The van der Waals surface area contributed by atoms with E-state index in [1.54, 1.807) is 6.20 Å². The van der Waals surface area contributed by atoms with Gasteiger partial charge >= 0.3 is 0 Å². The van der Waals surface area contributed by atoms with Crippen molar-refractivity contribution < 1.29 is 0 Å². The van der Waals surface area contributed by atoms with Gasteiger partial charge in [0.05, 0.1) is 0 Å². The number of nitrogens with zero attached hydrogens (tertiary/aromatic N) is 1. The van der Waals surface area contributed by atoms with Gasteiger partial charge in [-0.2, -0.15) is 0 Å². The fraction of sp³-hybridized carbons (Fsp3) is 0.667. The van der Waals surface area contributed by atoms with Crippen LogP contribution in [0.3, 0.4) is 0 Å². The smallest absolute Gasteiger partial charge is 0.128 e. The maximum absolute atomic E-state index is 6.09. The van der Waals surface area contributed by atoms with Crippen LogP contribution < -0.4 is 11.1 Å². The first kappa shape index (κ1) is 13.3. The van der Waals surface area contributed by atoms with Gasteiger partial charge in [-0.3, -0.25) is 0 Å². The van der Waals surface area contributed by atoms with Crippen LogP contribution in [0.4, 0.5) is 5.82 Å². The summed E-state index contributed by atoms with van der Waals surface area (Å²) < 4.78 is 0. The highest BCUT2D eigenvalue weighted by atomic mass is 14.9. The van der Waals surface area contributed by atoms with Gasteiger partial charge in [-0.05, 0) is 44.4 Å². The molecule has 1 saturated carbocycles. The predicted octanol–water partition coefficient (Wildman–Crippen LogP) is 3.20. The van der Waals surface area contributed by atoms with Crippen LogP contribution >= 0.6 is 0 Å². The van der Waals surface area contributed by atoms with E-state index in [9.17, 15) is 0 Å². The zero-order valence-corrected chi connectivity index (χ0v) is 11.6. The van der Waals surface area contributed by atoms with Gasteiger partial charge in [0, 0.05) is 17.8 Å². The molecule has 1 unspecified atom stereocenters. The molecule has 0 spiro atoms. The summed E-state index contributed by atoms with van der Waals surface area (Å²) in [6, 6.07) is 2.42. The Hall–Kier alpha value is -1.09. The first-order valence-electron chi connectivity index (χ1n) is 7.12. The van der Waals surface area contributed by atoms with Crippen molar-refractivity contribution in [1.29, 1.82) is 0 Å². The number of nitrogens with two attached hydrogens (primary N) is 1. The molecule has 1 fully saturated rings. The number of hydrogen-bond acceptors (Lipinski definition) is 3. The Labute approximate surface area is 110 Å². The third-order valence-corrected chi connectivity index (χ3v) is 4.23.